The lowest BCUT2D eigenvalue weighted by atomic mass is 10.2. The first-order chi connectivity index (χ1) is 12.5. The average molecular weight is 378 g/mol. The minimum absolute atomic E-state index is 0.0711. The van der Waals surface area contributed by atoms with Crippen LogP contribution in [0.1, 0.15) is 13.8 Å². The van der Waals surface area contributed by atoms with E-state index in [1.54, 1.807) is 26.2 Å². The fourth-order valence-electron chi connectivity index (χ4n) is 2.12. The van der Waals surface area contributed by atoms with Crippen molar-refractivity contribution in [1.82, 2.24) is 25.5 Å². The molecule has 2 amide bonds. The normalized spacial score (nSPS) is 11.7. The van der Waals surface area contributed by atoms with Crippen LogP contribution in [0.15, 0.2) is 29.4 Å². The molecule has 0 saturated carbocycles. The number of thioether (sulfide) groups is 1. The molecule has 0 unspecified atom stereocenters. The molecule has 0 bridgehead atoms. The summed E-state index contributed by atoms with van der Waals surface area (Å²) in [5, 5.41) is 13.7. The van der Waals surface area contributed by atoms with Crippen LogP contribution < -0.4 is 21.2 Å². The van der Waals surface area contributed by atoms with E-state index in [1.807, 2.05) is 19.1 Å². The van der Waals surface area contributed by atoms with Gasteiger partial charge < -0.3 is 21.2 Å². The lowest BCUT2D eigenvalue weighted by molar-refractivity contribution is -0.127. The Kier molecular flexibility index (Phi) is 6.84. The number of likely N-dealkylation sites (N-methyl/N-ethyl adjacent to an activating group) is 1. The summed E-state index contributed by atoms with van der Waals surface area (Å²) in [7, 11) is 1.59. The fourth-order valence-corrected chi connectivity index (χ4v) is 2.79. The molecule has 1 atom stereocenters. The fraction of sp³-hybridized carbons (Fsp3) is 0.375. The second-order valence-corrected chi connectivity index (χ2v) is 6.32. The number of nitrogens with two attached hydrogens (primary N) is 1. The third-order valence-corrected chi connectivity index (χ3v) is 4.41. The van der Waals surface area contributed by atoms with E-state index in [2.05, 4.69) is 20.8 Å². The number of ether oxygens (including phenoxy) is 1. The first-order valence-corrected chi connectivity index (χ1v) is 8.99. The van der Waals surface area contributed by atoms with E-state index in [-0.39, 0.29) is 17.6 Å². The van der Waals surface area contributed by atoms with Gasteiger partial charge in [0.05, 0.1) is 12.9 Å². The largest absolute Gasteiger partial charge is 0.497 e. The van der Waals surface area contributed by atoms with Crippen molar-refractivity contribution in [3.05, 3.63) is 24.3 Å². The molecule has 26 heavy (non-hydrogen) atoms. The van der Waals surface area contributed by atoms with Crippen LogP contribution in [0.25, 0.3) is 11.4 Å². The Morgan fingerprint density at radius 3 is 2.62 bits per heavy atom. The first kappa shape index (κ1) is 19.6. The zero-order valence-electron chi connectivity index (χ0n) is 14.9. The van der Waals surface area contributed by atoms with Crippen molar-refractivity contribution in [1.29, 1.82) is 0 Å². The van der Waals surface area contributed by atoms with Crippen LogP contribution in [-0.2, 0) is 9.59 Å². The summed E-state index contributed by atoms with van der Waals surface area (Å²) in [6.07, 6.45) is 0. The standard InChI is InChI=1S/C16H22N6O3S/c1-4-18-15(24)10(2)19-13(23)9-26-16-21-20-14(22(16)17)11-5-7-12(25-3)8-6-11/h5-8,10H,4,9,17H2,1-3H3,(H,18,24)(H,19,23)/t10-/m1/s1. The molecule has 0 aliphatic rings. The number of carbonyl (C=O) groups excluding carboxylic acids is 2. The van der Waals surface area contributed by atoms with Gasteiger partial charge in [-0.3, -0.25) is 9.59 Å². The summed E-state index contributed by atoms with van der Waals surface area (Å²) < 4.78 is 6.44. The number of nitrogen functional groups attached to an aromatic ring is 1. The Balaban J connectivity index is 1.95. The molecule has 4 N–H and O–H groups in total. The number of benzene rings is 1. The van der Waals surface area contributed by atoms with Gasteiger partial charge >= 0.3 is 0 Å². The second-order valence-electron chi connectivity index (χ2n) is 5.38. The first-order valence-electron chi connectivity index (χ1n) is 8.01. The van der Waals surface area contributed by atoms with Crippen molar-refractivity contribution in [3.8, 4) is 17.1 Å². The molecular formula is C16H22N6O3S. The van der Waals surface area contributed by atoms with Crippen molar-refractivity contribution < 1.29 is 14.3 Å². The van der Waals surface area contributed by atoms with E-state index < -0.39 is 6.04 Å². The van der Waals surface area contributed by atoms with Crippen molar-refractivity contribution >= 4 is 23.6 Å². The zero-order chi connectivity index (χ0) is 19.1. The van der Waals surface area contributed by atoms with E-state index in [4.69, 9.17) is 10.6 Å². The van der Waals surface area contributed by atoms with Crippen LogP contribution in [0.5, 0.6) is 5.75 Å². The number of rotatable bonds is 8. The monoisotopic (exact) mass is 378 g/mol. The zero-order valence-corrected chi connectivity index (χ0v) is 15.7. The molecule has 1 aromatic carbocycles. The third-order valence-electron chi connectivity index (χ3n) is 3.47. The predicted octanol–water partition coefficient (Wildman–Crippen LogP) is 0.400. The van der Waals surface area contributed by atoms with E-state index in [1.165, 1.54) is 4.68 Å². The van der Waals surface area contributed by atoms with Gasteiger partial charge in [0.15, 0.2) is 5.82 Å². The third kappa shape index (κ3) is 4.88. The van der Waals surface area contributed by atoms with Crippen LogP contribution in [-0.4, -0.2) is 52.1 Å². The number of nitrogens with zero attached hydrogens (tertiary/aromatic N) is 3. The van der Waals surface area contributed by atoms with Gasteiger partial charge in [0, 0.05) is 12.1 Å². The van der Waals surface area contributed by atoms with Crippen molar-refractivity contribution in [2.24, 2.45) is 0 Å². The number of hydrogen-bond donors (Lipinski definition) is 3. The molecule has 0 aliphatic heterocycles. The molecule has 0 spiro atoms. The molecule has 2 aromatic rings. The SMILES string of the molecule is CCNC(=O)[C@@H](C)NC(=O)CSc1nnc(-c2ccc(OC)cc2)n1N. The van der Waals surface area contributed by atoms with Crippen molar-refractivity contribution in [2.75, 3.05) is 25.3 Å². The van der Waals surface area contributed by atoms with Crippen LogP contribution in [0.4, 0.5) is 0 Å². The van der Waals surface area contributed by atoms with E-state index in [9.17, 15) is 9.59 Å². The van der Waals surface area contributed by atoms with E-state index in [0.717, 1.165) is 23.1 Å². The summed E-state index contributed by atoms with van der Waals surface area (Å²) in [5.41, 5.74) is 0.780. The van der Waals surface area contributed by atoms with Gasteiger partial charge in [0.25, 0.3) is 0 Å². The highest BCUT2D eigenvalue weighted by Gasteiger charge is 2.17. The van der Waals surface area contributed by atoms with Gasteiger partial charge in [-0.1, -0.05) is 11.8 Å². The molecule has 10 heteroatoms. The van der Waals surface area contributed by atoms with E-state index in [0.29, 0.717) is 17.5 Å². The summed E-state index contributed by atoms with van der Waals surface area (Å²) in [6.45, 7) is 3.95. The van der Waals surface area contributed by atoms with Gasteiger partial charge in [-0.05, 0) is 38.1 Å². The minimum atomic E-state index is -0.603. The molecule has 9 nitrogen and oxygen atoms in total. The minimum Gasteiger partial charge on any atom is -0.497 e. The lowest BCUT2D eigenvalue weighted by Gasteiger charge is -2.12. The highest BCUT2D eigenvalue weighted by Crippen LogP contribution is 2.23. The van der Waals surface area contributed by atoms with Gasteiger partial charge in [-0.15, -0.1) is 10.2 Å². The summed E-state index contributed by atoms with van der Waals surface area (Å²) in [6, 6.07) is 6.64. The van der Waals surface area contributed by atoms with Crippen LogP contribution in [0, 0.1) is 0 Å². The predicted molar refractivity (Wildman–Crippen MR) is 99.2 cm³/mol. The Bertz CT molecular complexity index is 762. The van der Waals surface area contributed by atoms with Gasteiger partial charge in [0.2, 0.25) is 17.0 Å². The Labute approximate surface area is 155 Å². The molecule has 0 aliphatic carbocycles. The molecule has 2 rings (SSSR count). The summed E-state index contributed by atoms with van der Waals surface area (Å²) in [5.74, 6) is 6.78. The smallest absolute Gasteiger partial charge is 0.242 e. The van der Waals surface area contributed by atoms with Crippen molar-refractivity contribution in [3.63, 3.8) is 0 Å². The maximum absolute atomic E-state index is 12.0. The van der Waals surface area contributed by atoms with E-state index >= 15 is 0 Å². The average Bonchev–Trinajstić information content (AvgIpc) is 3.00. The molecule has 140 valence electrons. The summed E-state index contributed by atoms with van der Waals surface area (Å²) >= 11 is 1.14. The Morgan fingerprint density at radius 2 is 2.00 bits per heavy atom. The highest BCUT2D eigenvalue weighted by atomic mass is 32.2. The quantitative estimate of drug-likeness (QED) is 0.449. The number of nitrogens with one attached hydrogen (secondary N) is 2. The topological polar surface area (TPSA) is 124 Å². The molecule has 0 fully saturated rings. The number of amides is 2. The van der Waals surface area contributed by atoms with Crippen LogP contribution in [0.2, 0.25) is 0 Å². The molecular weight excluding hydrogens is 356 g/mol. The number of hydrogen-bond acceptors (Lipinski definition) is 7. The maximum atomic E-state index is 12.0. The molecule has 1 heterocycles. The highest BCUT2D eigenvalue weighted by molar-refractivity contribution is 7.99. The molecule has 1 aromatic heterocycles. The second kappa shape index (κ2) is 9.09. The van der Waals surface area contributed by atoms with Crippen LogP contribution >= 0.6 is 11.8 Å². The van der Waals surface area contributed by atoms with Gasteiger partial charge in [0.1, 0.15) is 11.8 Å². The Hall–Kier alpha value is -2.75. The number of methoxy groups -OCH3 is 1. The van der Waals surface area contributed by atoms with Crippen molar-refractivity contribution in [2.45, 2.75) is 25.0 Å². The lowest BCUT2D eigenvalue weighted by Crippen LogP contribution is -2.45. The Morgan fingerprint density at radius 1 is 1.31 bits per heavy atom. The number of carbonyl (C=O) groups is 2. The van der Waals surface area contributed by atoms with Gasteiger partial charge in [-0.2, -0.15) is 0 Å². The molecule has 0 radical (unpaired) electrons. The van der Waals surface area contributed by atoms with Crippen LogP contribution in [0.3, 0.4) is 0 Å². The number of aromatic nitrogens is 3. The maximum Gasteiger partial charge on any atom is 0.242 e. The molecule has 0 saturated heterocycles. The summed E-state index contributed by atoms with van der Waals surface area (Å²) in [4.78, 5) is 23.6. The van der Waals surface area contributed by atoms with Gasteiger partial charge in [-0.25, -0.2) is 4.68 Å².